The Hall–Kier alpha value is -4.26. The van der Waals surface area contributed by atoms with E-state index in [-0.39, 0.29) is 17.7 Å². The Morgan fingerprint density at radius 3 is 2.25 bits per heavy atom. The van der Waals surface area contributed by atoms with Gasteiger partial charge in [0.2, 0.25) is 5.91 Å². The van der Waals surface area contributed by atoms with Gasteiger partial charge < -0.3 is 15.6 Å². The average Bonchev–Trinajstić information content (AvgIpc) is 3.41. The number of carbonyl (C=O) groups is 2. The van der Waals surface area contributed by atoms with Crippen molar-refractivity contribution in [3.63, 3.8) is 0 Å². The minimum Gasteiger partial charge on any atom is -0.338 e. The molecule has 7 nitrogen and oxygen atoms in total. The average molecular weight is 480 g/mol. The summed E-state index contributed by atoms with van der Waals surface area (Å²) in [7, 11) is 0. The second-order valence-electron chi connectivity index (χ2n) is 9.35. The van der Waals surface area contributed by atoms with Crippen LogP contribution in [-0.2, 0) is 4.79 Å². The molecular formula is C29H29N5O2. The van der Waals surface area contributed by atoms with Crippen LogP contribution in [0.4, 0.5) is 11.4 Å². The number of aromatic amines is 1. The second-order valence-corrected chi connectivity index (χ2v) is 9.35. The van der Waals surface area contributed by atoms with Crippen LogP contribution in [0.5, 0.6) is 0 Å². The molecule has 2 unspecified atom stereocenters. The lowest BCUT2D eigenvalue weighted by Crippen LogP contribution is -2.30. The molecule has 0 aliphatic heterocycles. The van der Waals surface area contributed by atoms with E-state index in [1.807, 2.05) is 48.5 Å². The SMILES string of the molecule is CC1CCCCC1C(=O)Nc1ccc(-c2cnc(-c3ccc(NC(=O)c4cccnc4)cc3)[nH]2)cc1. The van der Waals surface area contributed by atoms with E-state index in [9.17, 15) is 9.59 Å². The molecule has 1 aliphatic rings. The first-order valence-electron chi connectivity index (χ1n) is 12.3. The van der Waals surface area contributed by atoms with Gasteiger partial charge in [-0.15, -0.1) is 0 Å². The number of carbonyl (C=O) groups excluding carboxylic acids is 2. The van der Waals surface area contributed by atoms with E-state index < -0.39 is 0 Å². The number of aromatic nitrogens is 3. The van der Waals surface area contributed by atoms with Crippen molar-refractivity contribution >= 4 is 23.2 Å². The Labute approximate surface area is 210 Å². The van der Waals surface area contributed by atoms with Gasteiger partial charge in [-0.1, -0.05) is 31.9 Å². The van der Waals surface area contributed by atoms with Gasteiger partial charge in [0.25, 0.3) is 5.91 Å². The summed E-state index contributed by atoms with van der Waals surface area (Å²) in [5.74, 6) is 1.19. The molecule has 2 atom stereocenters. The van der Waals surface area contributed by atoms with Crippen LogP contribution in [0.15, 0.2) is 79.3 Å². The van der Waals surface area contributed by atoms with E-state index in [1.165, 1.54) is 12.6 Å². The predicted octanol–water partition coefficient (Wildman–Crippen LogP) is 6.16. The van der Waals surface area contributed by atoms with Crippen LogP contribution in [0.2, 0.25) is 0 Å². The van der Waals surface area contributed by atoms with Crippen molar-refractivity contribution in [2.24, 2.45) is 11.8 Å². The summed E-state index contributed by atoms with van der Waals surface area (Å²) in [6.45, 7) is 2.17. The van der Waals surface area contributed by atoms with Crippen molar-refractivity contribution < 1.29 is 9.59 Å². The largest absolute Gasteiger partial charge is 0.338 e. The molecule has 3 N–H and O–H groups in total. The lowest BCUT2D eigenvalue weighted by Gasteiger charge is -2.27. The van der Waals surface area contributed by atoms with Crippen LogP contribution in [-0.4, -0.2) is 26.8 Å². The Bertz CT molecular complexity index is 1330. The van der Waals surface area contributed by atoms with Gasteiger partial charge in [0.1, 0.15) is 5.82 Å². The van der Waals surface area contributed by atoms with Gasteiger partial charge in [-0.3, -0.25) is 14.6 Å². The molecule has 7 heteroatoms. The van der Waals surface area contributed by atoms with Crippen molar-refractivity contribution in [3.8, 4) is 22.6 Å². The first-order chi connectivity index (χ1) is 17.6. The summed E-state index contributed by atoms with van der Waals surface area (Å²) in [5.41, 5.74) is 4.79. The predicted molar refractivity (Wildman–Crippen MR) is 141 cm³/mol. The lowest BCUT2D eigenvalue weighted by atomic mass is 9.80. The number of nitrogens with zero attached hydrogens (tertiary/aromatic N) is 2. The molecule has 4 aromatic rings. The van der Waals surface area contributed by atoms with Gasteiger partial charge in [0, 0.05) is 35.2 Å². The van der Waals surface area contributed by atoms with E-state index in [4.69, 9.17) is 0 Å². The molecule has 2 aromatic carbocycles. The molecule has 36 heavy (non-hydrogen) atoms. The molecule has 2 heterocycles. The number of pyridine rings is 1. The Balaban J connectivity index is 1.22. The maximum atomic E-state index is 12.7. The first kappa shape index (κ1) is 23.5. The molecule has 1 aliphatic carbocycles. The van der Waals surface area contributed by atoms with Crippen LogP contribution in [0, 0.1) is 11.8 Å². The molecular weight excluding hydrogens is 450 g/mol. The van der Waals surface area contributed by atoms with Gasteiger partial charge >= 0.3 is 0 Å². The highest BCUT2D eigenvalue weighted by molar-refractivity contribution is 6.04. The number of amides is 2. The quantitative estimate of drug-likeness (QED) is 0.308. The molecule has 0 radical (unpaired) electrons. The minimum absolute atomic E-state index is 0.101. The molecule has 2 aromatic heterocycles. The number of anilines is 2. The van der Waals surface area contributed by atoms with Crippen molar-refractivity contribution in [2.75, 3.05) is 10.6 Å². The minimum atomic E-state index is -0.205. The molecule has 2 amide bonds. The second kappa shape index (κ2) is 10.6. The smallest absolute Gasteiger partial charge is 0.257 e. The van der Waals surface area contributed by atoms with E-state index in [0.717, 1.165) is 47.6 Å². The third kappa shape index (κ3) is 5.35. The number of hydrogen-bond donors (Lipinski definition) is 3. The number of imidazole rings is 1. The molecule has 0 bridgehead atoms. The number of H-pyrrole nitrogens is 1. The number of rotatable bonds is 6. The standard InChI is InChI=1S/C29H29N5O2/c1-19-5-2-3-7-25(19)29(36)33-24-12-8-20(9-13-24)26-18-31-27(34-26)21-10-14-23(15-11-21)32-28(35)22-6-4-16-30-17-22/h4,6,8-19,25H,2-3,5,7H2,1H3,(H,31,34)(H,32,35)(H,33,36). The fourth-order valence-electron chi connectivity index (χ4n) is 4.70. The van der Waals surface area contributed by atoms with Crippen molar-refractivity contribution in [2.45, 2.75) is 32.6 Å². The summed E-state index contributed by atoms with van der Waals surface area (Å²) in [6.07, 6.45) is 9.41. The lowest BCUT2D eigenvalue weighted by molar-refractivity contribution is -0.122. The summed E-state index contributed by atoms with van der Waals surface area (Å²) in [6, 6.07) is 18.8. The molecule has 5 rings (SSSR count). The zero-order chi connectivity index (χ0) is 24.9. The van der Waals surface area contributed by atoms with Crippen molar-refractivity contribution in [3.05, 3.63) is 84.8 Å². The van der Waals surface area contributed by atoms with Gasteiger partial charge in [-0.25, -0.2) is 4.98 Å². The van der Waals surface area contributed by atoms with Gasteiger partial charge in [-0.05, 0) is 72.9 Å². The van der Waals surface area contributed by atoms with Gasteiger partial charge in [0.05, 0.1) is 17.5 Å². The Kier molecular flexibility index (Phi) is 6.89. The Morgan fingerprint density at radius 1 is 0.861 bits per heavy atom. The van der Waals surface area contributed by atoms with Crippen LogP contribution < -0.4 is 10.6 Å². The topological polar surface area (TPSA) is 99.8 Å². The zero-order valence-electron chi connectivity index (χ0n) is 20.2. The molecule has 182 valence electrons. The highest BCUT2D eigenvalue weighted by Crippen LogP contribution is 2.31. The summed E-state index contributed by atoms with van der Waals surface area (Å²) in [5, 5.41) is 5.95. The highest BCUT2D eigenvalue weighted by atomic mass is 16.2. The summed E-state index contributed by atoms with van der Waals surface area (Å²) in [4.78, 5) is 36.9. The van der Waals surface area contributed by atoms with E-state index in [2.05, 4.69) is 32.5 Å². The summed E-state index contributed by atoms with van der Waals surface area (Å²) >= 11 is 0. The van der Waals surface area contributed by atoms with Crippen LogP contribution >= 0.6 is 0 Å². The number of hydrogen-bond acceptors (Lipinski definition) is 4. The normalized spacial score (nSPS) is 17.4. The monoisotopic (exact) mass is 479 g/mol. The third-order valence-electron chi connectivity index (χ3n) is 6.83. The maximum Gasteiger partial charge on any atom is 0.257 e. The van der Waals surface area contributed by atoms with Gasteiger partial charge in [0.15, 0.2) is 0 Å². The van der Waals surface area contributed by atoms with Crippen LogP contribution in [0.3, 0.4) is 0 Å². The number of benzene rings is 2. The highest BCUT2D eigenvalue weighted by Gasteiger charge is 2.27. The van der Waals surface area contributed by atoms with Crippen LogP contribution in [0.1, 0.15) is 43.0 Å². The van der Waals surface area contributed by atoms with E-state index in [0.29, 0.717) is 17.2 Å². The molecule has 0 saturated heterocycles. The third-order valence-corrected chi connectivity index (χ3v) is 6.83. The van der Waals surface area contributed by atoms with Crippen molar-refractivity contribution in [1.29, 1.82) is 0 Å². The van der Waals surface area contributed by atoms with E-state index in [1.54, 1.807) is 24.5 Å². The fourth-order valence-corrected chi connectivity index (χ4v) is 4.70. The Morgan fingerprint density at radius 2 is 1.56 bits per heavy atom. The first-order valence-corrected chi connectivity index (χ1v) is 12.3. The van der Waals surface area contributed by atoms with Gasteiger partial charge in [-0.2, -0.15) is 0 Å². The molecule has 0 spiro atoms. The fraction of sp³-hybridized carbons (Fsp3) is 0.241. The number of nitrogens with one attached hydrogen (secondary N) is 3. The molecule has 1 fully saturated rings. The summed E-state index contributed by atoms with van der Waals surface area (Å²) < 4.78 is 0. The molecule has 1 saturated carbocycles. The zero-order valence-corrected chi connectivity index (χ0v) is 20.2. The van der Waals surface area contributed by atoms with Crippen molar-refractivity contribution in [1.82, 2.24) is 15.0 Å². The van der Waals surface area contributed by atoms with Crippen LogP contribution in [0.25, 0.3) is 22.6 Å². The van der Waals surface area contributed by atoms with E-state index >= 15 is 0 Å². The maximum absolute atomic E-state index is 12.7.